The second kappa shape index (κ2) is 5.99. The maximum atomic E-state index is 13.5. The van der Waals surface area contributed by atoms with Crippen LogP contribution in [0.4, 0.5) is 22.0 Å². The lowest BCUT2D eigenvalue weighted by Crippen LogP contribution is -2.24. The molecule has 0 radical (unpaired) electrons. The molecule has 0 saturated heterocycles. The Hall–Kier alpha value is -2.03. The van der Waals surface area contributed by atoms with E-state index in [0.29, 0.717) is 6.07 Å². The van der Waals surface area contributed by atoms with E-state index in [1.54, 1.807) is 0 Å². The lowest BCUT2D eigenvalue weighted by molar-refractivity contribution is -0.140. The zero-order valence-electron chi connectivity index (χ0n) is 11.1. The molecule has 118 valence electrons. The number of amides is 1. The average molecular weight is 336 g/mol. The molecule has 0 aliphatic carbocycles. The van der Waals surface area contributed by atoms with Crippen molar-refractivity contribution >= 4 is 17.2 Å². The van der Waals surface area contributed by atoms with Gasteiger partial charge < -0.3 is 5.32 Å². The summed E-state index contributed by atoms with van der Waals surface area (Å²) in [4.78, 5) is 15.1. The minimum Gasteiger partial charge on any atom is -0.345 e. The van der Waals surface area contributed by atoms with Crippen molar-refractivity contribution in [3.8, 4) is 0 Å². The first-order valence-electron chi connectivity index (χ1n) is 5.94. The summed E-state index contributed by atoms with van der Waals surface area (Å²) in [5, 5.41) is 3.10. The van der Waals surface area contributed by atoms with Gasteiger partial charge in [-0.2, -0.15) is 13.2 Å². The summed E-state index contributed by atoms with van der Waals surface area (Å²) in [6.07, 6.45) is -4.56. The first kappa shape index (κ1) is 16.3. The van der Waals surface area contributed by atoms with Crippen LogP contribution in [-0.4, -0.2) is 10.9 Å². The number of hydrogen-bond donors (Lipinski definition) is 1. The van der Waals surface area contributed by atoms with Crippen LogP contribution in [0.3, 0.4) is 0 Å². The van der Waals surface area contributed by atoms with Gasteiger partial charge in [0.25, 0.3) is 5.91 Å². The number of carbonyl (C=O) groups is 1. The highest BCUT2D eigenvalue weighted by atomic mass is 32.1. The molecule has 0 aliphatic rings. The molecule has 0 aliphatic heterocycles. The van der Waals surface area contributed by atoms with E-state index in [1.807, 2.05) is 0 Å². The fourth-order valence-corrected chi connectivity index (χ4v) is 2.35. The third kappa shape index (κ3) is 3.59. The summed E-state index contributed by atoms with van der Waals surface area (Å²) in [7, 11) is 0. The molecule has 0 spiro atoms. The van der Waals surface area contributed by atoms with Gasteiger partial charge in [0.15, 0.2) is 5.69 Å². The standard InChI is InChI=1S/C13H9F5N2OS/c1-6-2-7(9(15)3-8(6)14)12(21)19-4-11-20-10(5-22-11)13(16,17)18/h2-3,5H,4H2,1H3,(H,19,21). The Morgan fingerprint density at radius 1 is 1.27 bits per heavy atom. The fourth-order valence-electron chi connectivity index (χ4n) is 1.60. The Balaban J connectivity index is 2.07. The van der Waals surface area contributed by atoms with Crippen LogP contribution in [0.1, 0.15) is 26.6 Å². The van der Waals surface area contributed by atoms with E-state index in [9.17, 15) is 26.7 Å². The van der Waals surface area contributed by atoms with Crippen molar-refractivity contribution in [1.29, 1.82) is 0 Å². The van der Waals surface area contributed by atoms with Crippen molar-refractivity contribution in [3.05, 3.63) is 51.0 Å². The number of alkyl halides is 3. The van der Waals surface area contributed by atoms with E-state index in [1.165, 1.54) is 6.92 Å². The Kier molecular flexibility index (Phi) is 4.45. The van der Waals surface area contributed by atoms with Crippen molar-refractivity contribution in [2.75, 3.05) is 0 Å². The quantitative estimate of drug-likeness (QED) is 0.869. The normalized spacial score (nSPS) is 11.5. The molecule has 1 aromatic heterocycles. The Morgan fingerprint density at radius 3 is 2.55 bits per heavy atom. The van der Waals surface area contributed by atoms with E-state index in [4.69, 9.17) is 0 Å². The van der Waals surface area contributed by atoms with Crippen molar-refractivity contribution in [2.45, 2.75) is 19.6 Å². The maximum Gasteiger partial charge on any atom is 0.434 e. The van der Waals surface area contributed by atoms with E-state index >= 15 is 0 Å². The third-order valence-electron chi connectivity index (χ3n) is 2.74. The number of hydrogen-bond acceptors (Lipinski definition) is 3. The summed E-state index contributed by atoms with van der Waals surface area (Å²) in [6, 6.07) is 1.61. The molecule has 22 heavy (non-hydrogen) atoms. The van der Waals surface area contributed by atoms with Crippen molar-refractivity contribution < 1.29 is 26.7 Å². The number of benzene rings is 1. The predicted octanol–water partition coefficient (Wildman–Crippen LogP) is 3.68. The number of nitrogens with zero attached hydrogens (tertiary/aromatic N) is 1. The minimum atomic E-state index is -4.56. The summed E-state index contributed by atoms with van der Waals surface area (Å²) in [6.45, 7) is 1.08. The van der Waals surface area contributed by atoms with Crippen LogP contribution in [0, 0.1) is 18.6 Å². The van der Waals surface area contributed by atoms with Gasteiger partial charge in [-0.15, -0.1) is 11.3 Å². The molecule has 0 bridgehead atoms. The van der Waals surface area contributed by atoms with Crippen molar-refractivity contribution in [3.63, 3.8) is 0 Å². The van der Waals surface area contributed by atoms with Gasteiger partial charge in [-0.3, -0.25) is 4.79 Å². The van der Waals surface area contributed by atoms with Gasteiger partial charge in [0.2, 0.25) is 0 Å². The predicted molar refractivity (Wildman–Crippen MR) is 69.4 cm³/mol. The van der Waals surface area contributed by atoms with Crippen LogP contribution in [-0.2, 0) is 12.7 Å². The number of thiazole rings is 1. The first-order valence-corrected chi connectivity index (χ1v) is 6.82. The average Bonchev–Trinajstić information content (AvgIpc) is 2.89. The Morgan fingerprint density at radius 2 is 1.95 bits per heavy atom. The number of nitrogens with one attached hydrogen (secondary N) is 1. The van der Waals surface area contributed by atoms with Crippen molar-refractivity contribution in [2.24, 2.45) is 0 Å². The number of carbonyl (C=O) groups excluding carboxylic acids is 1. The molecular formula is C13H9F5N2OS. The highest BCUT2D eigenvalue weighted by molar-refractivity contribution is 7.09. The SMILES string of the molecule is Cc1cc(C(=O)NCc2nc(C(F)(F)F)cs2)c(F)cc1F. The first-order chi connectivity index (χ1) is 10.2. The molecule has 0 atom stereocenters. The largest absolute Gasteiger partial charge is 0.434 e. The lowest BCUT2D eigenvalue weighted by Gasteiger charge is -2.06. The Labute approximate surface area is 125 Å². The molecule has 1 aromatic carbocycles. The smallest absolute Gasteiger partial charge is 0.345 e. The molecule has 0 saturated carbocycles. The third-order valence-corrected chi connectivity index (χ3v) is 3.58. The second-order valence-corrected chi connectivity index (χ2v) is 5.33. The zero-order valence-corrected chi connectivity index (χ0v) is 11.9. The molecule has 2 aromatic rings. The van der Waals surface area contributed by atoms with Crippen LogP contribution in [0.25, 0.3) is 0 Å². The number of aromatic nitrogens is 1. The van der Waals surface area contributed by atoms with Gasteiger partial charge >= 0.3 is 6.18 Å². The zero-order chi connectivity index (χ0) is 16.5. The second-order valence-electron chi connectivity index (χ2n) is 4.39. The molecule has 0 fully saturated rings. The van der Waals surface area contributed by atoms with Crippen LogP contribution in [0.15, 0.2) is 17.5 Å². The van der Waals surface area contributed by atoms with Crippen LogP contribution in [0.5, 0.6) is 0 Å². The van der Waals surface area contributed by atoms with Crippen LogP contribution in [0.2, 0.25) is 0 Å². The van der Waals surface area contributed by atoms with E-state index < -0.39 is 29.4 Å². The van der Waals surface area contributed by atoms with Gasteiger partial charge in [-0.1, -0.05) is 0 Å². The monoisotopic (exact) mass is 336 g/mol. The van der Waals surface area contributed by atoms with Crippen LogP contribution < -0.4 is 5.32 Å². The molecule has 0 unspecified atom stereocenters. The van der Waals surface area contributed by atoms with Gasteiger partial charge in [-0.25, -0.2) is 13.8 Å². The van der Waals surface area contributed by atoms with Crippen molar-refractivity contribution in [1.82, 2.24) is 10.3 Å². The van der Waals surface area contributed by atoms with Gasteiger partial charge in [-0.05, 0) is 18.6 Å². The summed E-state index contributed by atoms with van der Waals surface area (Å²) < 4.78 is 63.7. The maximum absolute atomic E-state index is 13.5. The topological polar surface area (TPSA) is 42.0 Å². The minimum absolute atomic E-state index is 0.0277. The highest BCUT2D eigenvalue weighted by Gasteiger charge is 2.33. The van der Waals surface area contributed by atoms with E-state index in [-0.39, 0.29) is 22.7 Å². The molecule has 9 heteroatoms. The Bertz CT molecular complexity index is 711. The fraction of sp³-hybridized carbons (Fsp3) is 0.231. The summed E-state index contributed by atoms with van der Waals surface area (Å²) in [5.74, 6) is -2.69. The molecule has 1 heterocycles. The summed E-state index contributed by atoms with van der Waals surface area (Å²) >= 11 is 0.724. The summed E-state index contributed by atoms with van der Waals surface area (Å²) in [5.41, 5.74) is -1.35. The number of halogens is 5. The van der Waals surface area contributed by atoms with Crippen LogP contribution >= 0.6 is 11.3 Å². The molecule has 3 nitrogen and oxygen atoms in total. The van der Waals surface area contributed by atoms with E-state index in [0.717, 1.165) is 22.8 Å². The molecule has 2 rings (SSSR count). The number of aryl methyl sites for hydroxylation is 1. The highest BCUT2D eigenvalue weighted by Crippen LogP contribution is 2.29. The van der Waals surface area contributed by atoms with Gasteiger partial charge in [0.1, 0.15) is 16.6 Å². The lowest BCUT2D eigenvalue weighted by atomic mass is 10.1. The van der Waals surface area contributed by atoms with Gasteiger partial charge in [0.05, 0.1) is 12.1 Å². The van der Waals surface area contributed by atoms with Gasteiger partial charge in [0, 0.05) is 11.4 Å². The molecular weight excluding hydrogens is 327 g/mol. The molecule has 1 amide bonds. The molecule has 1 N–H and O–H groups in total. The van der Waals surface area contributed by atoms with E-state index in [2.05, 4.69) is 10.3 Å². The number of rotatable bonds is 3.